The molecule has 1 unspecified atom stereocenters. The van der Waals surface area contributed by atoms with Gasteiger partial charge in [-0.25, -0.2) is 4.79 Å². The normalized spacial score (nSPS) is 13.8. The van der Waals surface area contributed by atoms with E-state index >= 15 is 0 Å². The average molecular weight is 382 g/mol. The Bertz CT molecular complexity index is 658. The third-order valence-corrected chi connectivity index (χ3v) is 4.71. The predicted octanol–water partition coefficient (Wildman–Crippen LogP) is 1.35. The third kappa shape index (κ3) is 6.25. The molecule has 0 aliphatic rings. The molecular formula is C18H26N2O5S. The van der Waals surface area contributed by atoms with Gasteiger partial charge in [-0.1, -0.05) is 26.0 Å². The van der Waals surface area contributed by atoms with Crippen LogP contribution in [0.5, 0.6) is 5.75 Å². The van der Waals surface area contributed by atoms with Crippen molar-refractivity contribution in [2.45, 2.75) is 50.9 Å². The van der Waals surface area contributed by atoms with Crippen molar-refractivity contribution in [3.8, 4) is 5.75 Å². The highest BCUT2D eigenvalue weighted by atomic mass is 32.1. The van der Waals surface area contributed by atoms with E-state index in [1.54, 1.807) is 12.1 Å². The Hall–Kier alpha value is -2.22. The molecule has 8 heteroatoms. The topological polar surface area (TPSA) is 116 Å². The Labute approximate surface area is 158 Å². The summed E-state index contributed by atoms with van der Waals surface area (Å²) in [5.74, 6) is -2.14. The van der Waals surface area contributed by atoms with E-state index < -0.39 is 34.6 Å². The number of thiol groups is 1. The van der Waals surface area contributed by atoms with Crippen LogP contribution in [0.3, 0.4) is 0 Å². The summed E-state index contributed by atoms with van der Waals surface area (Å²) in [5.41, 5.74) is -0.650. The van der Waals surface area contributed by atoms with E-state index in [1.807, 2.05) is 13.8 Å². The number of carboxylic acids is 1. The molecule has 0 saturated heterocycles. The number of hydrogen-bond donors (Lipinski definition) is 5. The van der Waals surface area contributed by atoms with Gasteiger partial charge in [-0.2, -0.15) is 12.6 Å². The van der Waals surface area contributed by atoms with Gasteiger partial charge in [-0.15, -0.1) is 0 Å². The second-order valence-corrected chi connectivity index (χ2v) is 7.59. The minimum absolute atomic E-state index is 0.0153. The first-order chi connectivity index (χ1) is 11.9. The summed E-state index contributed by atoms with van der Waals surface area (Å²) in [6, 6.07) is 4.88. The smallest absolute Gasteiger partial charge is 0.326 e. The Balaban J connectivity index is 2.80. The molecule has 0 spiro atoms. The molecular weight excluding hydrogens is 356 g/mol. The van der Waals surface area contributed by atoms with Gasteiger partial charge in [0.25, 0.3) is 0 Å². The summed E-state index contributed by atoms with van der Waals surface area (Å²) in [7, 11) is 0. The van der Waals surface area contributed by atoms with Gasteiger partial charge in [0.05, 0.1) is 5.25 Å². The van der Waals surface area contributed by atoms with Crippen LogP contribution in [-0.4, -0.2) is 44.8 Å². The number of amides is 2. The number of carbonyl (C=O) groups is 3. The number of phenols is 1. The molecule has 7 nitrogen and oxygen atoms in total. The third-order valence-electron chi connectivity index (χ3n) is 3.88. The SMILES string of the molecule is CC(C)C(S)C(=O)NC(C)(C)C(=O)N[C@@H](Cc1ccc(O)cc1)C(=O)O. The van der Waals surface area contributed by atoms with Crippen LogP contribution in [0.4, 0.5) is 0 Å². The highest BCUT2D eigenvalue weighted by Gasteiger charge is 2.34. The fourth-order valence-corrected chi connectivity index (χ4v) is 2.21. The summed E-state index contributed by atoms with van der Waals surface area (Å²) in [6.45, 7) is 6.67. The Morgan fingerprint density at radius 3 is 2.15 bits per heavy atom. The molecule has 26 heavy (non-hydrogen) atoms. The van der Waals surface area contributed by atoms with Crippen molar-refractivity contribution in [3.63, 3.8) is 0 Å². The second-order valence-electron chi connectivity index (χ2n) is 7.04. The highest BCUT2D eigenvalue weighted by molar-refractivity contribution is 7.81. The van der Waals surface area contributed by atoms with Gasteiger partial charge in [0, 0.05) is 6.42 Å². The fraction of sp³-hybridized carbons (Fsp3) is 0.500. The highest BCUT2D eigenvalue weighted by Crippen LogP contribution is 2.14. The van der Waals surface area contributed by atoms with Crippen LogP contribution in [0, 0.1) is 5.92 Å². The minimum Gasteiger partial charge on any atom is -0.508 e. The molecule has 1 rings (SSSR count). The van der Waals surface area contributed by atoms with Gasteiger partial charge < -0.3 is 20.8 Å². The number of phenolic OH excluding ortho intramolecular Hbond substituents is 1. The lowest BCUT2D eigenvalue weighted by Crippen LogP contribution is -2.59. The molecule has 2 amide bonds. The monoisotopic (exact) mass is 382 g/mol. The standard InChI is InChI=1S/C18H26N2O5S/c1-10(2)14(26)15(22)20-18(3,4)17(25)19-13(16(23)24)9-11-5-7-12(21)8-6-11/h5-8,10,13-14,21,26H,9H2,1-4H3,(H,19,25)(H,20,22)(H,23,24)/t13-,14?/m0/s1. The summed E-state index contributed by atoms with van der Waals surface area (Å²) >= 11 is 4.22. The van der Waals surface area contributed by atoms with Crippen molar-refractivity contribution in [3.05, 3.63) is 29.8 Å². The number of carboxylic acid groups (broad SMARTS) is 1. The molecule has 0 heterocycles. The first-order valence-electron chi connectivity index (χ1n) is 8.26. The second kappa shape index (κ2) is 8.93. The predicted molar refractivity (Wildman–Crippen MR) is 101 cm³/mol. The van der Waals surface area contributed by atoms with Crippen molar-refractivity contribution in [1.82, 2.24) is 10.6 Å². The van der Waals surface area contributed by atoms with Crippen LogP contribution in [0.15, 0.2) is 24.3 Å². The van der Waals surface area contributed by atoms with Gasteiger partial charge in [-0.05, 0) is 37.5 Å². The van der Waals surface area contributed by atoms with E-state index in [4.69, 9.17) is 0 Å². The molecule has 2 atom stereocenters. The van der Waals surface area contributed by atoms with Gasteiger partial charge >= 0.3 is 5.97 Å². The largest absolute Gasteiger partial charge is 0.508 e. The van der Waals surface area contributed by atoms with Crippen molar-refractivity contribution in [2.75, 3.05) is 0 Å². The maximum Gasteiger partial charge on any atom is 0.326 e. The van der Waals surface area contributed by atoms with Gasteiger partial charge in [0.1, 0.15) is 17.3 Å². The van der Waals surface area contributed by atoms with E-state index in [1.165, 1.54) is 26.0 Å². The zero-order chi connectivity index (χ0) is 20.1. The van der Waals surface area contributed by atoms with Crippen LogP contribution in [-0.2, 0) is 20.8 Å². The summed E-state index contributed by atoms with van der Waals surface area (Å²) in [5, 5.41) is 23.1. The Kier molecular flexibility index (Phi) is 7.50. The minimum atomic E-state index is -1.30. The number of carbonyl (C=O) groups excluding carboxylic acids is 2. The maximum atomic E-state index is 12.5. The molecule has 144 valence electrons. The van der Waals surface area contributed by atoms with Crippen LogP contribution >= 0.6 is 12.6 Å². The lowest BCUT2D eigenvalue weighted by molar-refractivity contribution is -0.143. The molecule has 0 fully saturated rings. The first kappa shape index (κ1) is 21.8. The molecule has 0 bridgehead atoms. The van der Waals surface area contributed by atoms with Crippen LogP contribution in [0.1, 0.15) is 33.3 Å². The van der Waals surface area contributed by atoms with Crippen LogP contribution in [0.25, 0.3) is 0 Å². The quantitative estimate of drug-likeness (QED) is 0.435. The van der Waals surface area contributed by atoms with Crippen molar-refractivity contribution < 1.29 is 24.6 Å². The van der Waals surface area contributed by atoms with Crippen molar-refractivity contribution in [2.24, 2.45) is 5.92 Å². The van der Waals surface area contributed by atoms with Gasteiger partial charge in [0.15, 0.2) is 0 Å². The number of aromatic hydroxyl groups is 1. The van der Waals surface area contributed by atoms with Crippen LogP contribution in [0.2, 0.25) is 0 Å². The van der Waals surface area contributed by atoms with Crippen LogP contribution < -0.4 is 10.6 Å². The summed E-state index contributed by atoms with van der Waals surface area (Å²) in [6.07, 6.45) is 0.0482. The lowest BCUT2D eigenvalue weighted by atomic mass is 10.00. The maximum absolute atomic E-state index is 12.5. The summed E-state index contributed by atoms with van der Waals surface area (Å²) in [4.78, 5) is 36.1. The fourth-order valence-electron chi connectivity index (χ4n) is 2.15. The zero-order valence-corrected chi connectivity index (χ0v) is 16.2. The molecule has 0 saturated carbocycles. The average Bonchev–Trinajstić information content (AvgIpc) is 2.54. The molecule has 0 aromatic heterocycles. The van der Waals surface area contributed by atoms with Gasteiger partial charge in [0.2, 0.25) is 11.8 Å². The Morgan fingerprint density at radius 2 is 1.69 bits per heavy atom. The Morgan fingerprint density at radius 1 is 1.15 bits per heavy atom. The zero-order valence-electron chi connectivity index (χ0n) is 15.3. The number of benzene rings is 1. The number of rotatable bonds is 8. The molecule has 0 aliphatic carbocycles. The van der Waals surface area contributed by atoms with E-state index in [0.717, 1.165) is 0 Å². The molecule has 0 aliphatic heterocycles. The van der Waals surface area contributed by atoms with Crippen molar-refractivity contribution >= 4 is 30.4 Å². The lowest BCUT2D eigenvalue weighted by Gasteiger charge is -2.29. The number of nitrogens with one attached hydrogen (secondary N) is 2. The van der Waals surface area contributed by atoms with E-state index in [-0.39, 0.29) is 18.1 Å². The van der Waals surface area contributed by atoms with E-state index in [2.05, 4.69) is 23.3 Å². The van der Waals surface area contributed by atoms with E-state index in [9.17, 15) is 24.6 Å². The number of aliphatic carboxylic acids is 1. The first-order valence-corrected chi connectivity index (χ1v) is 8.77. The van der Waals surface area contributed by atoms with Gasteiger partial charge in [-0.3, -0.25) is 9.59 Å². The molecule has 1 aromatic rings. The molecule has 4 N–H and O–H groups in total. The number of hydrogen-bond acceptors (Lipinski definition) is 5. The molecule has 0 radical (unpaired) electrons. The summed E-state index contributed by atoms with van der Waals surface area (Å²) < 4.78 is 0. The molecule has 1 aromatic carbocycles. The van der Waals surface area contributed by atoms with Crippen molar-refractivity contribution in [1.29, 1.82) is 0 Å². The van der Waals surface area contributed by atoms with E-state index in [0.29, 0.717) is 5.56 Å².